The van der Waals surface area contributed by atoms with Gasteiger partial charge in [0.05, 0.1) is 4.90 Å². The minimum absolute atomic E-state index is 0.170. The van der Waals surface area contributed by atoms with Crippen LogP contribution in [0.5, 0.6) is 0 Å². The normalized spacial score (nSPS) is 14.1. The molecule has 3 N–H and O–H groups in total. The fourth-order valence-electron chi connectivity index (χ4n) is 3.17. The molecule has 0 aliphatic heterocycles. The van der Waals surface area contributed by atoms with Gasteiger partial charge in [0.15, 0.2) is 0 Å². The highest BCUT2D eigenvalue weighted by molar-refractivity contribution is 7.90. The van der Waals surface area contributed by atoms with Crippen molar-refractivity contribution in [2.45, 2.75) is 30.3 Å². The first-order valence-electron chi connectivity index (χ1n) is 9.94. The Bertz CT molecular complexity index is 1210. The van der Waals surface area contributed by atoms with Gasteiger partial charge in [0.1, 0.15) is 0 Å². The van der Waals surface area contributed by atoms with Crippen molar-refractivity contribution in [3.8, 4) is 11.1 Å². The molecule has 0 radical (unpaired) electrons. The standard InChI is InChI=1S/C23H23N3O4S/c27-23(25-28)11-6-18-12-13-26(16-18)31(29,30)22-3-1-2-20(14-22)19-7-4-17(5-8-19)15-24-21-9-10-21/h1-8,11-14,16,21,24,28H,9-10,15H2,(H,25,27)/b11-6+. The van der Waals surface area contributed by atoms with Gasteiger partial charge in [-0.15, -0.1) is 0 Å². The quantitative estimate of drug-likeness (QED) is 0.286. The Morgan fingerprint density at radius 1 is 1.10 bits per heavy atom. The summed E-state index contributed by atoms with van der Waals surface area (Å²) in [4.78, 5) is 11.3. The van der Waals surface area contributed by atoms with E-state index >= 15 is 0 Å². The van der Waals surface area contributed by atoms with E-state index < -0.39 is 15.9 Å². The molecule has 1 heterocycles. The van der Waals surface area contributed by atoms with Crippen LogP contribution >= 0.6 is 0 Å². The third-order valence-corrected chi connectivity index (χ3v) is 6.73. The molecule has 8 heteroatoms. The Morgan fingerprint density at radius 2 is 1.87 bits per heavy atom. The predicted octanol–water partition coefficient (Wildman–Crippen LogP) is 3.16. The summed E-state index contributed by atoms with van der Waals surface area (Å²) in [5.41, 5.74) is 4.95. The molecule has 7 nitrogen and oxygen atoms in total. The second kappa shape index (κ2) is 8.89. The topological polar surface area (TPSA) is 100 Å². The summed E-state index contributed by atoms with van der Waals surface area (Å²) >= 11 is 0. The van der Waals surface area contributed by atoms with Crippen molar-refractivity contribution >= 4 is 22.0 Å². The smallest absolute Gasteiger partial charge is 0.267 e. The lowest BCUT2D eigenvalue weighted by Crippen LogP contribution is -2.15. The number of hydrogen-bond acceptors (Lipinski definition) is 5. The minimum atomic E-state index is -3.79. The highest BCUT2D eigenvalue weighted by Gasteiger charge is 2.20. The molecule has 1 saturated carbocycles. The molecule has 0 saturated heterocycles. The van der Waals surface area contributed by atoms with Crippen LogP contribution in [0.3, 0.4) is 0 Å². The number of benzene rings is 2. The van der Waals surface area contributed by atoms with Gasteiger partial charge in [-0.25, -0.2) is 17.9 Å². The summed E-state index contributed by atoms with van der Waals surface area (Å²) in [5.74, 6) is -0.697. The zero-order valence-electron chi connectivity index (χ0n) is 16.7. The predicted molar refractivity (Wildman–Crippen MR) is 118 cm³/mol. The van der Waals surface area contributed by atoms with E-state index in [0.29, 0.717) is 11.6 Å². The summed E-state index contributed by atoms with van der Waals surface area (Å²) in [6, 6.07) is 17.1. The number of nitrogens with zero attached hydrogens (tertiary/aromatic N) is 1. The Morgan fingerprint density at radius 3 is 2.58 bits per heavy atom. The van der Waals surface area contributed by atoms with Crippen molar-refractivity contribution in [3.63, 3.8) is 0 Å². The first kappa shape index (κ1) is 21.0. The number of aromatic nitrogens is 1. The zero-order chi connectivity index (χ0) is 21.8. The van der Waals surface area contributed by atoms with E-state index in [0.717, 1.165) is 27.7 Å². The average Bonchev–Trinajstić information content (AvgIpc) is 3.50. The maximum absolute atomic E-state index is 13.0. The van der Waals surface area contributed by atoms with E-state index in [1.54, 1.807) is 24.3 Å². The molecule has 1 aliphatic carbocycles. The molecule has 0 spiro atoms. The van der Waals surface area contributed by atoms with E-state index in [9.17, 15) is 13.2 Å². The van der Waals surface area contributed by atoms with Gasteiger partial charge < -0.3 is 5.32 Å². The molecule has 0 unspecified atom stereocenters. The van der Waals surface area contributed by atoms with Crippen LogP contribution in [0.1, 0.15) is 24.0 Å². The fraction of sp³-hybridized carbons (Fsp3) is 0.174. The molecule has 1 amide bonds. The Hall–Kier alpha value is -3.20. The molecular formula is C23H23N3O4S. The number of amides is 1. The molecule has 0 atom stereocenters. The number of rotatable bonds is 8. The summed E-state index contributed by atoms with van der Waals surface area (Å²) in [7, 11) is -3.79. The van der Waals surface area contributed by atoms with Crippen LogP contribution in [-0.2, 0) is 21.4 Å². The lowest BCUT2D eigenvalue weighted by atomic mass is 10.0. The van der Waals surface area contributed by atoms with E-state index in [4.69, 9.17) is 5.21 Å². The molecule has 160 valence electrons. The average molecular weight is 438 g/mol. The summed E-state index contributed by atoms with van der Waals surface area (Å²) in [5, 5.41) is 12.0. The van der Waals surface area contributed by atoms with E-state index in [1.807, 2.05) is 18.2 Å². The van der Waals surface area contributed by atoms with Crippen molar-refractivity contribution in [2.24, 2.45) is 0 Å². The number of carbonyl (C=O) groups is 1. The SMILES string of the molecule is O=C(/C=C/c1ccn(S(=O)(=O)c2cccc(-c3ccc(CNC4CC4)cc3)c2)c1)NO. The van der Waals surface area contributed by atoms with E-state index in [-0.39, 0.29) is 4.90 Å². The van der Waals surface area contributed by atoms with Gasteiger partial charge in [-0.3, -0.25) is 10.0 Å². The summed E-state index contributed by atoms with van der Waals surface area (Å²) in [6.07, 6.45) is 7.84. The van der Waals surface area contributed by atoms with Crippen molar-refractivity contribution in [3.05, 3.63) is 84.2 Å². The van der Waals surface area contributed by atoms with Crippen molar-refractivity contribution in [2.75, 3.05) is 0 Å². The van der Waals surface area contributed by atoms with E-state index in [1.165, 1.54) is 42.4 Å². The van der Waals surface area contributed by atoms with Crippen molar-refractivity contribution in [1.82, 2.24) is 14.8 Å². The maximum atomic E-state index is 13.0. The second-order valence-electron chi connectivity index (χ2n) is 7.47. The maximum Gasteiger partial charge on any atom is 0.267 e. The zero-order valence-corrected chi connectivity index (χ0v) is 17.5. The molecule has 0 bridgehead atoms. The first-order chi connectivity index (χ1) is 15.0. The molecule has 3 aromatic rings. The third kappa shape index (κ3) is 5.11. The number of nitrogens with one attached hydrogen (secondary N) is 2. The van der Waals surface area contributed by atoms with Gasteiger partial charge in [-0.2, -0.15) is 0 Å². The van der Waals surface area contributed by atoms with Crippen molar-refractivity contribution < 1.29 is 18.4 Å². The van der Waals surface area contributed by atoms with Gasteiger partial charge >= 0.3 is 0 Å². The van der Waals surface area contributed by atoms with Crippen LogP contribution in [0.25, 0.3) is 17.2 Å². The molecular weight excluding hydrogens is 414 g/mol. The number of carbonyl (C=O) groups excluding carboxylic acids is 1. The minimum Gasteiger partial charge on any atom is -0.310 e. The van der Waals surface area contributed by atoms with Gasteiger partial charge in [0.25, 0.3) is 15.9 Å². The molecule has 31 heavy (non-hydrogen) atoms. The lowest BCUT2D eigenvalue weighted by molar-refractivity contribution is -0.124. The second-order valence-corrected chi connectivity index (χ2v) is 9.31. The Labute approximate surface area is 181 Å². The highest BCUT2D eigenvalue weighted by Crippen LogP contribution is 2.25. The monoisotopic (exact) mass is 437 g/mol. The van der Waals surface area contributed by atoms with Crippen LogP contribution in [0.4, 0.5) is 0 Å². The van der Waals surface area contributed by atoms with E-state index in [2.05, 4.69) is 17.4 Å². The first-order valence-corrected chi connectivity index (χ1v) is 11.4. The molecule has 2 aromatic carbocycles. The van der Waals surface area contributed by atoms with Gasteiger partial charge in [-0.1, -0.05) is 36.4 Å². The third-order valence-electron chi connectivity index (χ3n) is 5.10. The molecule has 1 aliphatic rings. The molecule has 1 aromatic heterocycles. The van der Waals surface area contributed by atoms with Crippen LogP contribution in [0, 0.1) is 0 Å². The summed E-state index contributed by atoms with van der Waals surface area (Å²) < 4.78 is 27.2. The number of hydroxylamine groups is 1. The van der Waals surface area contributed by atoms with Gasteiger partial charge in [-0.05, 0) is 59.4 Å². The molecule has 4 rings (SSSR count). The highest BCUT2D eigenvalue weighted by atomic mass is 32.2. The van der Waals surface area contributed by atoms with Crippen LogP contribution in [0.2, 0.25) is 0 Å². The molecule has 1 fully saturated rings. The largest absolute Gasteiger partial charge is 0.310 e. The van der Waals surface area contributed by atoms with Crippen molar-refractivity contribution in [1.29, 1.82) is 0 Å². The lowest BCUT2D eigenvalue weighted by Gasteiger charge is -2.09. The van der Waals surface area contributed by atoms with Gasteiger partial charge in [0, 0.05) is 31.1 Å². The van der Waals surface area contributed by atoms with Gasteiger partial charge in [0.2, 0.25) is 0 Å². The Kier molecular flexibility index (Phi) is 6.03. The van der Waals surface area contributed by atoms with Crippen LogP contribution < -0.4 is 10.8 Å². The van der Waals surface area contributed by atoms with Crippen LogP contribution in [0.15, 0.2) is 78.0 Å². The fourth-order valence-corrected chi connectivity index (χ4v) is 4.42. The Balaban J connectivity index is 1.53. The number of hydrogen-bond donors (Lipinski definition) is 3. The summed E-state index contributed by atoms with van der Waals surface area (Å²) in [6.45, 7) is 0.837. The van der Waals surface area contributed by atoms with Crippen LogP contribution in [-0.4, -0.2) is 29.5 Å².